The number of carboxylic acids is 1. The molecule has 0 aliphatic carbocycles. The van der Waals surface area contributed by atoms with Gasteiger partial charge in [-0.05, 0) is 30.4 Å². The van der Waals surface area contributed by atoms with Crippen LogP contribution >= 0.6 is 11.6 Å². The van der Waals surface area contributed by atoms with Crippen molar-refractivity contribution in [2.24, 2.45) is 11.8 Å². The minimum absolute atomic E-state index is 0.0115. The van der Waals surface area contributed by atoms with E-state index in [9.17, 15) is 18.0 Å². The highest BCUT2D eigenvalue weighted by Crippen LogP contribution is 2.42. The zero-order valence-corrected chi connectivity index (χ0v) is 15.1. The molecule has 0 aromatic heterocycles. The Morgan fingerprint density at radius 3 is 2.42 bits per heavy atom. The third-order valence-electron chi connectivity index (χ3n) is 4.67. The van der Waals surface area contributed by atoms with Gasteiger partial charge in [0, 0.05) is 24.7 Å². The van der Waals surface area contributed by atoms with Crippen molar-refractivity contribution >= 4 is 29.3 Å². The second-order valence-corrected chi connectivity index (χ2v) is 7.54. The normalized spacial score (nSPS) is 26.0. The molecular weight excluding hydrogens is 371 g/mol. The summed E-state index contributed by atoms with van der Waals surface area (Å²) >= 11 is 6.35. The monoisotopic (exact) mass is 389 g/mol. The van der Waals surface area contributed by atoms with Crippen LogP contribution in [0.3, 0.4) is 0 Å². The molecule has 1 aromatic carbocycles. The van der Waals surface area contributed by atoms with Gasteiger partial charge in [-0.15, -0.1) is 0 Å². The van der Waals surface area contributed by atoms with Crippen LogP contribution in [0.15, 0.2) is 17.7 Å². The second kappa shape index (κ2) is 6.68. The summed E-state index contributed by atoms with van der Waals surface area (Å²) in [5, 5.41) is 9.46. The molecule has 1 aromatic rings. The van der Waals surface area contributed by atoms with Gasteiger partial charge in [-0.25, -0.2) is 4.79 Å². The Balaban J connectivity index is 2.02. The number of alkyl halides is 3. The molecule has 2 heterocycles. The predicted octanol–water partition coefficient (Wildman–Crippen LogP) is 4.61. The number of piperidine rings is 1. The lowest BCUT2D eigenvalue weighted by molar-refractivity contribution is -0.187. The number of aliphatic carboxylic acids is 1. The number of fused-ring (bicyclic) bond motifs is 1. The Bertz CT molecular complexity index is 753. The molecule has 0 spiro atoms. The Morgan fingerprint density at radius 1 is 1.27 bits per heavy atom. The summed E-state index contributed by atoms with van der Waals surface area (Å²) in [4.78, 5) is 13.2. The molecular formula is C18H19ClF3NO3. The van der Waals surface area contributed by atoms with Crippen LogP contribution in [0.1, 0.15) is 25.8 Å². The van der Waals surface area contributed by atoms with Crippen LogP contribution < -0.4 is 9.64 Å². The zero-order valence-electron chi connectivity index (χ0n) is 14.3. The average molecular weight is 390 g/mol. The van der Waals surface area contributed by atoms with Crippen molar-refractivity contribution in [3.05, 3.63) is 28.3 Å². The fourth-order valence-corrected chi connectivity index (χ4v) is 4.02. The van der Waals surface area contributed by atoms with Gasteiger partial charge in [-0.3, -0.25) is 0 Å². The number of anilines is 1. The molecule has 142 valence electrons. The molecule has 2 aliphatic heterocycles. The van der Waals surface area contributed by atoms with Gasteiger partial charge in [0.1, 0.15) is 5.75 Å². The molecule has 3 unspecified atom stereocenters. The third kappa shape index (κ3) is 3.63. The van der Waals surface area contributed by atoms with Gasteiger partial charge >= 0.3 is 12.1 Å². The highest BCUT2D eigenvalue weighted by Gasteiger charge is 2.48. The first kappa shape index (κ1) is 18.9. The van der Waals surface area contributed by atoms with Gasteiger partial charge < -0.3 is 14.7 Å². The Hall–Kier alpha value is -1.89. The quantitative estimate of drug-likeness (QED) is 0.802. The summed E-state index contributed by atoms with van der Waals surface area (Å²) in [6.45, 7) is 5.74. The first-order valence-electron chi connectivity index (χ1n) is 8.33. The number of rotatable bonds is 2. The van der Waals surface area contributed by atoms with Crippen molar-refractivity contribution in [2.45, 2.75) is 32.5 Å². The molecule has 1 fully saturated rings. The van der Waals surface area contributed by atoms with Crippen LogP contribution in [0.2, 0.25) is 5.02 Å². The van der Waals surface area contributed by atoms with Gasteiger partial charge in [0.25, 0.3) is 0 Å². The summed E-state index contributed by atoms with van der Waals surface area (Å²) in [7, 11) is 0. The maximum absolute atomic E-state index is 13.2. The van der Waals surface area contributed by atoms with Crippen molar-refractivity contribution < 1.29 is 27.8 Å². The first-order valence-corrected chi connectivity index (χ1v) is 8.70. The Labute approximate surface area is 154 Å². The van der Waals surface area contributed by atoms with Gasteiger partial charge in [-0.1, -0.05) is 25.4 Å². The number of ether oxygens (including phenoxy) is 1. The number of carbonyl (C=O) groups is 1. The summed E-state index contributed by atoms with van der Waals surface area (Å²) in [5.74, 6) is -0.805. The van der Waals surface area contributed by atoms with Crippen molar-refractivity contribution in [2.75, 3.05) is 18.0 Å². The van der Waals surface area contributed by atoms with E-state index in [0.717, 1.165) is 25.6 Å². The molecule has 0 bridgehead atoms. The molecule has 4 nitrogen and oxygen atoms in total. The van der Waals surface area contributed by atoms with Crippen LogP contribution in [0.4, 0.5) is 18.9 Å². The predicted molar refractivity (Wildman–Crippen MR) is 92.7 cm³/mol. The lowest BCUT2D eigenvalue weighted by atomic mass is 9.91. The van der Waals surface area contributed by atoms with Crippen LogP contribution in [0, 0.1) is 11.8 Å². The summed E-state index contributed by atoms with van der Waals surface area (Å²) < 4.78 is 44.7. The average Bonchev–Trinajstić information content (AvgIpc) is 2.51. The minimum atomic E-state index is -4.82. The number of nitrogens with zero attached hydrogens (tertiary/aromatic N) is 1. The van der Waals surface area contributed by atoms with E-state index in [-0.39, 0.29) is 11.3 Å². The van der Waals surface area contributed by atoms with E-state index in [1.165, 1.54) is 12.1 Å². The number of carboxylic acid groups (broad SMARTS) is 1. The molecule has 0 saturated carbocycles. The standard InChI is InChI=1S/C18H19ClF3NO3/c1-9-3-10(2)8-23(7-9)14-6-15-11(5-13(14)19)4-12(17(24)25)16(26-15)18(20,21)22/h4-6,9-10,16H,3,7-8H2,1-2H3,(H,24,25). The number of hydrogen-bond acceptors (Lipinski definition) is 3. The van der Waals surface area contributed by atoms with E-state index in [4.69, 9.17) is 21.4 Å². The highest BCUT2D eigenvalue weighted by atomic mass is 35.5. The second-order valence-electron chi connectivity index (χ2n) is 7.14. The maximum Gasteiger partial charge on any atom is 0.430 e. The van der Waals surface area contributed by atoms with E-state index in [1.54, 1.807) is 0 Å². The zero-order chi connectivity index (χ0) is 19.2. The third-order valence-corrected chi connectivity index (χ3v) is 4.97. The lowest BCUT2D eigenvalue weighted by Crippen LogP contribution is -2.41. The lowest BCUT2D eigenvalue weighted by Gasteiger charge is -2.37. The number of hydrogen-bond donors (Lipinski definition) is 1. The maximum atomic E-state index is 13.2. The Morgan fingerprint density at radius 2 is 1.88 bits per heavy atom. The van der Waals surface area contributed by atoms with Crippen LogP contribution in [0.25, 0.3) is 6.08 Å². The molecule has 3 rings (SSSR count). The van der Waals surface area contributed by atoms with Crippen LogP contribution in [-0.4, -0.2) is 36.4 Å². The van der Waals surface area contributed by atoms with E-state index in [0.29, 0.717) is 22.5 Å². The van der Waals surface area contributed by atoms with Crippen molar-refractivity contribution in [1.82, 2.24) is 0 Å². The van der Waals surface area contributed by atoms with E-state index in [1.807, 2.05) is 4.90 Å². The van der Waals surface area contributed by atoms with E-state index >= 15 is 0 Å². The molecule has 1 saturated heterocycles. The van der Waals surface area contributed by atoms with E-state index in [2.05, 4.69) is 13.8 Å². The van der Waals surface area contributed by atoms with Crippen LogP contribution in [-0.2, 0) is 4.79 Å². The smallest absolute Gasteiger partial charge is 0.430 e. The SMILES string of the molecule is CC1CC(C)CN(c2cc3c(cc2Cl)C=C(C(=O)O)C(C(F)(F)F)O3)C1. The van der Waals surface area contributed by atoms with Gasteiger partial charge in [-0.2, -0.15) is 13.2 Å². The van der Waals surface area contributed by atoms with Gasteiger partial charge in [0.15, 0.2) is 0 Å². The Kier molecular flexibility index (Phi) is 4.86. The number of halogens is 4. The van der Waals surface area contributed by atoms with Gasteiger partial charge in [0.05, 0.1) is 16.3 Å². The van der Waals surface area contributed by atoms with Crippen molar-refractivity contribution in [3.63, 3.8) is 0 Å². The minimum Gasteiger partial charge on any atom is -0.478 e. The number of benzene rings is 1. The van der Waals surface area contributed by atoms with Crippen molar-refractivity contribution in [3.8, 4) is 5.75 Å². The molecule has 0 radical (unpaired) electrons. The summed E-state index contributed by atoms with van der Waals surface area (Å²) in [6.07, 6.45) is -5.26. The molecule has 1 N–H and O–H groups in total. The fraction of sp³-hybridized carbons (Fsp3) is 0.500. The first-order chi connectivity index (χ1) is 12.1. The summed E-state index contributed by atoms with van der Waals surface area (Å²) in [5.41, 5.74) is -0.0132. The molecule has 2 aliphatic rings. The molecule has 3 atom stereocenters. The van der Waals surface area contributed by atoms with Crippen molar-refractivity contribution in [1.29, 1.82) is 0 Å². The fourth-order valence-electron chi connectivity index (χ4n) is 3.73. The summed E-state index contributed by atoms with van der Waals surface area (Å²) in [6, 6.07) is 2.95. The largest absolute Gasteiger partial charge is 0.478 e. The van der Waals surface area contributed by atoms with Gasteiger partial charge in [0.2, 0.25) is 6.10 Å². The topological polar surface area (TPSA) is 49.8 Å². The molecule has 26 heavy (non-hydrogen) atoms. The van der Waals surface area contributed by atoms with Crippen LogP contribution in [0.5, 0.6) is 5.75 Å². The molecule has 8 heteroatoms. The van der Waals surface area contributed by atoms with E-state index < -0.39 is 23.8 Å². The molecule has 0 amide bonds. The highest BCUT2D eigenvalue weighted by molar-refractivity contribution is 6.33.